The highest BCUT2D eigenvalue weighted by Gasteiger charge is 2.54. The number of carbonyl (C=O) groups is 2. The second-order valence-electron chi connectivity index (χ2n) is 10.8. The predicted molar refractivity (Wildman–Crippen MR) is 109 cm³/mol. The van der Waals surface area contributed by atoms with E-state index in [4.69, 9.17) is 14.2 Å². The van der Waals surface area contributed by atoms with Gasteiger partial charge in [-0.15, -0.1) is 0 Å². The maximum absolute atomic E-state index is 13.0. The van der Waals surface area contributed by atoms with Gasteiger partial charge in [-0.1, -0.05) is 26.3 Å². The lowest BCUT2D eigenvalue weighted by atomic mass is 9.58. The van der Waals surface area contributed by atoms with Crippen LogP contribution in [0.25, 0.3) is 0 Å². The summed E-state index contributed by atoms with van der Waals surface area (Å²) in [6.45, 7) is 9.62. The molecule has 0 amide bonds. The molecule has 0 aromatic heterocycles. The number of carbonyl (C=O) groups excluding carboxylic acids is 2. The van der Waals surface area contributed by atoms with Gasteiger partial charge in [0.15, 0.2) is 11.6 Å². The van der Waals surface area contributed by atoms with Gasteiger partial charge < -0.3 is 14.2 Å². The summed E-state index contributed by atoms with van der Waals surface area (Å²) in [5.74, 6) is 0.588. The summed E-state index contributed by atoms with van der Waals surface area (Å²) in [5.41, 5.74) is 1.90. The number of rotatable bonds is 4. The Bertz CT molecular complexity index is 726. The van der Waals surface area contributed by atoms with Crippen molar-refractivity contribution in [3.8, 4) is 0 Å². The molecule has 1 heterocycles. The second-order valence-corrected chi connectivity index (χ2v) is 10.8. The third kappa shape index (κ3) is 3.64. The normalized spacial score (nSPS) is 37.3. The first-order chi connectivity index (χ1) is 13.6. The predicted octanol–water partition coefficient (Wildman–Crippen LogP) is 4.24. The Hall–Kier alpha value is -1.04. The number of allylic oxidation sites excluding steroid dienone is 1. The van der Waals surface area contributed by atoms with Crippen LogP contribution in [0.4, 0.5) is 0 Å². The van der Waals surface area contributed by atoms with Crippen molar-refractivity contribution in [1.82, 2.24) is 0 Å². The fraction of sp³-hybridized carbons (Fsp3) is 0.833. The number of ketones is 2. The second kappa shape index (κ2) is 7.28. The minimum atomic E-state index is -0.747. The average Bonchev–Trinajstić information content (AvgIpc) is 2.98. The highest BCUT2D eigenvalue weighted by Crippen LogP contribution is 2.57. The van der Waals surface area contributed by atoms with Crippen LogP contribution in [0.3, 0.4) is 0 Å². The Morgan fingerprint density at radius 1 is 1.03 bits per heavy atom. The Morgan fingerprint density at radius 2 is 1.72 bits per heavy atom. The van der Waals surface area contributed by atoms with Crippen molar-refractivity contribution >= 4 is 11.6 Å². The van der Waals surface area contributed by atoms with Crippen LogP contribution >= 0.6 is 0 Å². The summed E-state index contributed by atoms with van der Waals surface area (Å²) in [6, 6.07) is 0. The van der Waals surface area contributed by atoms with Crippen molar-refractivity contribution in [3.05, 3.63) is 11.1 Å². The van der Waals surface area contributed by atoms with Crippen molar-refractivity contribution in [3.63, 3.8) is 0 Å². The third-order valence-corrected chi connectivity index (χ3v) is 8.01. The molecule has 4 rings (SSSR count). The molecule has 1 saturated heterocycles. The first kappa shape index (κ1) is 21.2. The van der Waals surface area contributed by atoms with E-state index in [1.165, 1.54) is 5.57 Å². The molecule has 4 aliphatic rings. The molecule has 0 aromatic carbocycles. The Labute approximate surface area is 174 Å². The van der Waals surface area contributed by atoms with Gasteiger partial charge in [0, 0.05) is 42.8 Å². The number of fused-ring (bicyclic) bond motifs is 3. The van der Waals surface area contributed by atoms with Gasteiger partial charge in [0.1, 0.15) is 5.78 Å². The quantitative estimate of drug-likeness (QED) is 0.701. The monoisotopic (exact) mass is 404 g/mol. The fourth-order valence-corrected chi connectivity index (χ4v) is 6.12. The van der Waals surface area contributed by atoms with Crippen molar-refractivity contribution in [2.45, 2.75) is 84.5 Å². The average molecular weight is 405 g/mol. The first-order valence-electron chi connectivity index (χ1n) is 11.2. The van der Waals surface area contributed by atoms with Crippen molar-refractivity contribution < 1.29 is 23.8 Å². The van der Waals surface area contributed by atoms with Crippen molar-refractivity contribution in [1.29, 1.82) is 0 Å². The molecule has 0 aromatic rings. The molecule has 0 bridgehead atoms. The number of ether oxygens (including phenoxy) is 3. The molecule has 5 heteroatoms. The molecule has 0 N–H and O–H groups in total. The van der Waals surface area contributed by atoms with Crippen LogP contribution in [0.2, 0.25) is 0 Å². The van der Waals surface area contributed by atoms with E-state index in [1.807, 2.05) is 6.92 Å². The van der Waals surface area contributed by atoms with Crippen LogP contribution in [-0.2, 0) is 23.8 Å². The van der Waals surface area contributed by atoms with E-state index in [2.05, 4.69) is 20.8 Å². The molecular formula is C24H36O5. The van der Waals surface area contributed by atoms with Crippen LogP contribution in [-0.4, -0.2) is 43.8 Å². The smallest absolute Gasteiger partial charge is 0.168 e. The molecule has 3 aliphatic carbocycles. The van der Waals surface area contributed by atoms with Gasteiger partial charge in [-0.2, -0.15) is 0 Å². The van der Waals surface area contributed by atoms with E-state index >= 15 is 0 Å². The van der Waals surface area contributed by atoms with E-state index < -0.39 is 5.79 Å². The van der Waals surface area contributed by atoms with E-state index in [9.17, 15) is 9.59 Å². The summed E-state index contributed by atoms with van der Waals surface area (Å²) in [4.78, 5) is 25.6. The van der Waals surface area contributed by atoms with Gasteiger partial charge in [-0.25, -0.2) is 0 Å². The van der Waals surface area contributed by atoms with Gasteiger partial charge in [-0.3, -0.25) is 9.59 Å². The summed E-state index contributed by atoms with van der Waals surface area (Å²) >= 11 is 0. The molecule has 1 unspecified atom stereocenters. The number of hydrogen-bond donors (Lipinski definition) is 0. The molecule has 162 valence electrons. The molecule has 3 fully saturated rings. The zero-order chi connectivity index (χ0) is 21.0. The van der Waals surface area contributed by atoms with E-state index in [-0.39, 0.29) is 22.7 Å². The summed E-state index contributed by atoms with van der Waals surface area (Å²) in [7, 11) is 1.68. The molecule has 1 aliphatic heterocycles. The maximum atomic E-state index is 13.0. The summed E-state index contributed by atoms with van der Waals surface area (Å²) in [5, 5.41) is 0. The lowest BCUT2D eigenvalue weighted by Crippen LogP contribution is -2.48. The zero-order valence-electron chi connectivity index (χ0n) is 18.6. The van der Waals surface area contributed by atoms with Gasteiger partial charge in [0.25, 0.3) is 0 Å². The van der Waals surface area contributed by atoms with E-state index in [0.29, 0.717) is 50.1 Å². The number of methoxy groups -OCH3 is 1. The van der Waals surface area contributed by atoms with Crippen LogP contribution < -0.4 is 0 Å². The summed E-state index contributed by atoms with van der Waals surface area (Å²) < 4.78 is 18.1. The first-order valence-corrected chi connectivity index (χ1v) is 11.2. The lowest BCUT2D eigenvalue weighted by Gasteiger charge is -2.46. The Morgan fingerprint density at radius 3 is 2.38 bits per heavy atom. The van der Waals surface area contributed by atoms with Crippen molar-refractivity contribution in [2.75, 3.05) is 20.3 Å². The zero-order valence-corrected chi connectivity index (χ0v) is 18.6. The SMILES string of the molecule is COC(CC1(C)OCC(C)(C)CO1)C1=C2CC[C@]3(C)C(=O)CC[C@H]3[C@H]2CCC1=O. The summed E-state index contributed by atoms with van der Waals surface area (Å²) in [6.07, 6.45) is 4.95. The van der Waals surface area contributed by atoms with Gasteiger partial charge in [0.2, 0.25) is 0 Å². The van der Waals surface area contributed by atoms with Crippen LogP contribution in [0.15, 0.2) is 11.1 Å². The number of Topliss-reactive ketones (excluding diaryl/α,β-unsaturated/α-hetero) is 2. The van der Waals surface area contributed by atoms with Crippen molar-refractivity contribution in [2.24, 2.45) is 22.7 Å². The fourth-order valence-electron chi connectivity index (χ4n) is 6.12. The molecule has 0 spiro atoms. The van der Waals surface area contributed by atoms with Crippen LogP contribution in [0.5, 0.6) is 0 Å². The standard InChI is InChI=1S/C24H36O5/c1-22(2)13-28-24(4,29-14-22)12-19(27-5)21-16-10-11-23(3)17(7-9-20(23)26)15(16)6-8-18(21)25/h15,17,19H,6-14H2,1-5H3/t15-,17-,19?,23-/m0/s1. The molecule has 5 nitrogen and oxygen atoms in total. The Kier molecular flexibility index (Phi) is 5.32. The van der Waals surface area contributed by atoms with Gasteiger partial charge >= 0.3 is 0 Å². The maximum Gasteiger partial charge on any atom is 0.168 e. The van der Waals surface area contributed by atoms with Gasteiger partial charge in [-0.05, 0) is 44.4 Å². The minimum Gasteiger partial charge on any atom is -0.376 e. The third-order valence-electron chi connectivity index (χ3n) is 8.01. The molecule has 2 saturated carbocycles. The van der Waals surface area contributed by atoms with Crippen LogP contribution in [0.1, 0.15) is 72.6 Å². The Balaban J connectivity index is 1.61. The topological polar surface area (TPSA) is 61.8 Å². The minimum absolute atomic E-state index is 0.00143. The van der Waals surface area contributed by atoms with E-state index in [1.54, 1.807) is 7.11 Å². The molecule has 29 heavy (non-hydrogen) atoms. The highest BCUT2D eigenvalue weighted by molar-refractivity contribution is 5.98. The molecule has 4 atom stereocenters. The highest BCUT2D eigenvalue weighted by atomic mass is 16.7. The van der Waals surface area contributed by atoms with E-state index in [0.717, 1.165) is 31.3 Å². The molecular weight excluding hydrogens is 368 g/mol. The largest absolute Gasteiger partial charge is 0.376 e. The molecule has 0 radical (unpaired) electrons. The van der Waals surface area contributed by atoms with Gasteiger partial charge in [0.05, 0.1) is 19.3 Å². The number of hydrogen-bond acceptors (Lipinski definition) is 5. The van der Waals surface area contributed by atoms with Crippen LogP contribution in [0, 0.1) is 22.7 Å². The lowest BCUT2D eigenvalue weighted by molar-refractivity contribution is -0.297.